The first kappa shape index (κ1) is 32.9. The van der Waals surface area contributed by atoms with Gasteiger partial charge in [0.05, 0.1) is 11.5 Å². The Balaban J connectivity index is 1.87. The molecule has 0 spiro atoms. The van der Waals surface area contributed by atoms with Gasteiger partial charge in [0.1, 0.15) is 5.75 Å². The molecule has 0 radical (unpaired) electrons. The van der Waals surface area contributed by atoms with Crippen LogP contribution >= 0.6 is 0 Å². The van der Waals surface area contributed by atoms with E-state index in [9.17, 15) is 27.9 Å². The number of rotatable bonds is 15. The zero-order chi connectivity index (χ0) is 30.8. The highest BCUT2D eigenvalue weighted by molar-refractivity contribution is 5.96. The van der Waals surface area contributed by atoms with E-state index in [4.69, 9.17) is 5.73 Å². The van der Waals surface area contributed by atoms with Crippen LogP contribution in [0.2, 0.25) is 0 Å². The Morgan fingerprint density at radius 3 is 2.33 bits per heavy atom. The van der Waals surface area contributed by atoms with E-state index in [0.717, 1.165) is 18.4 Å². The van der Waals surface area contributed by atoms with E-state index >= 15 is 0 Å². The van der Waals surface area contributed by atoms with Crippen LogP contribution < -0.4 is 15.8 Å². The van der Waals surface area contributed by atoms with Crippen molar-refractivity contribution in [3.8, 4) is 5.75 Å². The first-order chi connectivity index (χ1) is 20.0. The number of hydrogen-bond donors (Lipinski definition) is 3. The van der Waals surface area contributed by atoms with Crippen LogP contribution in [0.5, 0.6) is 5.75 Å². The van der Waals surface area contributed by atoms with Gasteiger partial charge in [-0.25, -0.2) is 0 Å². The number of ether oxygens (including phenoxy) is 1. The average Bonchev–Trinajstić information content (AvgIpc) is 2.96. The number of carbonyl (C=O) groups excluding carboxylic acids is 2. The Hall–Kier alpha value is -3.63. The fraction of sp³-hybridized carbons (Fsp3) is 0.438. The summed E-state index contributed by atoms with van der Waals surface area (Å²) >= 11 is 0. The molecular formula is C32H40F3N3O4. The van der Waals surface area contributed by atoms with Gasteiger partial charge in [-0.05, 0) is 37.3 Å². The lowest BCUT2D eigenvalue weighted by atomic mass is 9.64. The predicted molar refractivity (Wildman–Crippen MR) is 155 cm³/mol. The summed E-state index contributed by atoms with van der Waals surface area (Å²) in [6.45, 7) is 5.07. The van der Waals surface area contributed by atoms with Crippen LogP contribution in [0.3, 0.4) is 0 Å². The van der Waals surface area contributed by atoms with E-state index < -0.39 is 29.7 Å². The summed E-state index contributed by atoms with van der Waals surface area (Å²) in [4.78, 5) is 28.5. The lowest BCUT2D eigenvalue weighted by molar-refractivity contribution is -0.274. The fourth-order valence-electron chi connectivity index (χ4n) is 5.48. The standard InChI is InChI=1S/C32H40F3N3O4/c1-3-17-38(18-4-2)29(40)24-14-10-16-31(20-24,30(36)41)26(19-23-11-6-5-7-12-23)27(39)22-37-21-25-13-8-9-15-28(25)42-32(33,34)35/h5-16,26-27,37,39H,3-4,17-22H2,1-2H3,(H2,36,41)/t26-,27+,31?/m1/s1. The summed E-state index contributed by atoms with van der Waals surface area (Å²) in [7, 11) is 0. The molecule has 2 aromatic carbocycles. The van der Waals surface area contributed by atoms with E-state index in [1.807, 2.05) is 44.2 Å². The highest BCUT2D eigenvalue weighted by atomic mass is 19.4. The molecule has 1 unspecified atom stereocenters. The lowest BCUT2D eigenvalue weighted by Crippen LogP contribution is -2.51. The molecule has 0 heterocycles. The van der Waals surface area contributed by atoms with Crippen molar-refractivity contribution in [3.63, 3.8) is 0 Å². The SMILES string of the molecule is CCCN(CCC)C(=O)C1=CC=CC(C(N)=O)([C@H](Cc2ccccc2)[C@@H](O)CNCc2ccccc2OC(F)(F)F)C1. The minimum Gasteiger partial charge on any atom is -0.405 e. The Bertz CT molecular complexity index is 1240. The Labute approximate surface area is 245 Å². The molecule has 0 saturated carbocycles. The van der Waals surface area contributed by atoms with Crippen LogP contribution in [-0.4, -0.2) is 53.9 Å². The predicted octanol–water partition coefficient (Wildman–Crippen LogP) is 4.90. The zero-order valence-electron chi connectivity index (χ0n) is 24.1. The maximum atomic E-state index is 13.5. The second-order valence-corrected chi connectivity index (χ2v) is 10.6. The maximum absolute atomic E-state index is 13.5. The monoisotopic (exact) mass is 587 g/mol. The van der Waals surface area contributed by atoms with Gasteiger partial charge in [-0.2, -0.15) is 0 Å². The molecule has 0 aliphatic heterocycles. The second-order valence-electron chi connectivity index (χ2n) is 10.6. The van der Waals surface area contributed by atoms with Gasteiger partial charge in [0.2, 0.25) is 11.8 Å². The van der Waals surface area contributed by atoms with Gasteiger partial charge in [-0.1, -0.05) is 80.6 Å². The highest BCUT2D eigenvalue weighted by Crippen LogP contribution is 2.43. The minimum atomic E-state index is -4.84. The summed E-state index contributed by atoms with van der Waals surface area (Å²) in [6, 6.07) is 15.1. The first-order valence-corrected chi connectivity index (χ1v) is 14.2. The number of halogens is 3. The molecule has 42 heavy (non-hydrogen) atoms. The van der Waals surface area contributed by atoms with E-state index in [-0.39, 0.29) is 43.2 Å². The largest absolute Gasteiger partial charge is 0.573 e. The van der Waals surface area contributed by atoms with E-state index in [1.165, 1.54) is 18.2 Å². The van der Waals surface area contributed by atoms with Crippen LogP contribution in [0, 0.1) is 11.3 Å². The molecular weight excluding hydrogens is 547 g/mol. The molecule has 0 bridgehead atoms. The van der Waals surface area contributed by atoms with Crippen molar-refractivity contribution in [2.24, 2.45) is 17.1 Å². The minimum absolute atomic E-state index is 0.0204. The molecule has 0 saturated heterocycles. The third-order valence-electron chi connectivity index (χ3n) is 7.47. The van der Waals surface area contributed by atoms with E-state index in [0.29, 0.717) is 18.7 Å². The third-order valence-corrected chi connectivity index (χ3v) is 7.47. The summed E-state index contributed by atoms with van der Waals surface area (Å²) in [5.41, 5.74) is 6.23. The van der Waals surface area contributed by atoms with Gasteiger partial charge in [0.15, 0.2) is 0 Å². The van der Waals surface area contributed by atoms with Gasteiger partial charge in [-0.3, -0.25) is 9.59 Å². The number of allylic oxidation sites excluding steroid dienone is 2. The number of nitrogens with one attached hydrogen (secondary N) is 1. The van der Waals surface area contributed by atoms with Crippen molar-refractivity contribution in [1.29, 1.82) is 0 Å². The first-order valence-electron chi connectivity index (χ1n) is 14.2. The van der Waals surface area contributed by atoms with E-state index in [2.05, 4.69) is 10.1 Å². The number of alkyl halides is 3. The van der Waals surface area contributed by atoms with Crippen LogP contribution in [0.1, 0.15) is 44.2 Å². The fourth-order valence-corrected chi connectivity index (χ4v) is 5.48. The molecule has 0 fully saturated rings. The number of amides is 2. The zero-order valence-corrected chi connectivity index (χ0v) is 24.1. The molecule has 7 nitrogen and oxygen atoms in total. The summed E-state index contributed by atoms with van der Waals surface area (Å²) in [5.74, 6) is -1.92. The quantitative estimate of drug-likeness (QED) is 0.275. The van der Waals surface area contributed by atoms with Gasteiger partial charge in [0.25, 0.3) is 0 Å². The van der Waals surface area contributed by atoms with Crippen molar-refractivity contribution in [1.82, 2.24) is 10.2 Å². The number of aliphatic hydroxyl groups excluding tert-OH is 1. The molecule has 3 rings (SSSR count). The molecule has 4 N–H and O–H groups in total. The number of aliphatic hydroxyl groups is 1. The van der Waals surface area contributed by atoms with Crippen molar-refractivity contribution < 1.29 is 32.6 Å². The number of hydrogen-bond acceptors (Lipinski definition) is 5. The van der Waals surface area contributed by atoms with E-state index in [1.54, 1.807) is 29.2 Å². The van der Waals surface area contributed by atoms with Crippen molar-refractivity contribution in [2.45, 2.75) is 58.5 Å². The van der Waals surface area contributed by atoms with Crippen molar-refractivity contribution in [3.05, 3.63) is 89.5 Å². The second kappa shape index (κ2) is 15.0. The number of para-hydroxylation sites is 1. The molecule has 10 heteroatoms. The third kappa shape index (κ3) is 8.69. The molecule has 0 aromatic heterocycles. The smallest absolute Gasteiger partial charge is 0.405 e. The average molecular weight is 588 g/mol. The van der Waals surface area contributed by atoms with Crippen LogP contribution in [-0.2, 0) is 22.6 Å². The Morgan fingerprint density at radius 2 is 1.71 bits per heavy atom. The molecule has 3 atom stereocenters. The van der Waals surface area contributed by atoms with Gasteiger partial charge in [-0.15, -0.1) is 13.2 Å². The molecule has 228 valence electrons. The number of nitrogens with two attached hydrogens (primary N) is 1. The summed E-state index contributed by atoms with van der Waals surface area (Å²) in [5, 5.41) is 14.6. The summed E-state index contributed by atoms with van der Waals surface area (Å²) in [6.07, 6.45) is 0.906. The lowest BCUT2D eigenvalue weighted by Gasteiger charge is -2.41. The Kier molecular flexibility index (Phi) is 11.8. The molecule has 1 aliphatic rings. The number of carbonyl (C=O) groups is 2. The maximum Gasteiger partial charge on any atom is 0.573 e. The van der Waals surface area contributed by atoms with Crippen LogP contribution in [0.15, 0.2) is 78.4 Å². The van der Waals surface area contributed by atoms with Gasteiger partial charge >= 0.3 is 6.36 Å². The van der Waals surface area contributed by atoms with Crippen LogP contribution in [0.4, 0.5) is 13.2 Å². The highest BCUT2D eigenvalue weighted by Gasteiger charge is 2.47. The van der Waals surface area contributed by atoms with Crippen molar-refractivity contribution >= 4 is 11.8 Å². The topological polar surface area (TPSA) is 105 Å². The molecule has 1 aliphatic carbocycles. The Morgan fingerprint density at radius 1 is 1.07 bits per heavy atom. The number of benzene rings is 2. The normalized spacial score (nSPS) is 18.2. The number of nitrogens with zero attached hydrogens (tertiary/aromatic N) is 1. The van der Waals surface area contributed by atoms with Crippen LogP contribution in [0.25, 0.3) is 0 Å². The van der Waals surface area contributed by atoms with Crippen molar-refractivity contribution in [2.75, 3.05) is 19.6 Å². The van der Waals surface area contributed by atoms with Gasteiger partial charge in [0, 0.05) is 43.2 Å². The number of primary amides is 1. The molecule has 2 aromatic rings. The van der Waals surface area contributed by atoms with Gasteiger partial charge < -0.3 is 25.8 Å². The molecule has 2 amide bonds. The summed E-state index contributed by atoms with van der Waals surface area (Å²) < 4.78 is 42.7.